The Hall–Kier alpha value is -4.35. The first-order chi connectivity index (χ1) is 20.4. The minimum absolute atomic E-state index is 0.0181. The molecule has 0 aromatic heterocycles. The molecule has 0 spiro atoms. The Bertz CT molecular complexity index is 1210. The SMILES string of the molecule is CNC(=O)NC(=N)NCCCCCCCCN1CCCc2cc(F)ccc2COc2ccccc2CNC(=N)NC1=O. The first kappa shape index (κ1) is 32.2. The van der Waals surface area contributed by atoms with Crippen molar-refractivity contribution in [3.05, 3.63) is 65.0 Å². The molecular formula is C30H43FN8O3. The average molecular weight is 583 g/mol. The number of hydrogen-bond donors (Lipinski definition) is 7. The predicted octanol–water partition coefficient (Wildman–Crippen LogP) is 4.18. The molecule has 0 aliphatic carbocycles. The van der Waals surface area contributed by atoms with E-state index in [-0.39, 0.29) is 23.8 Å². The zero-order valence-corrected chi connectivity index (χ0v) is 24.3. The van der Waals surface area contributed by atoms with Crippen molar-refractivity contribution in [1.29, 1.82) is 10.8 Å². The lowest BCUT2D eigenvalue weighted by Gasteiger charge is -2.23. The Morgan fingerprint density at radius 2 is 1.81 bits per heavy atom. The number of hydrogen-bond acceptors (Lipinski definition) is 5. The van der Waals surface area contributed by atoms with Crippen LogP contribution in [-0.4, -0.2) is 55.6 Å². The maximum atomic E-state index is 14.1. The van der Waals surface area contributed by atoms with Crippen molar-refractivity contribution in [2.45, 2.75) is 64.5 Å². The summed E-state index contributed by atoms with van der Waals surface area (Å²) >= 11 is 0. The molecule has 0 radical (unpaired) electrons. The molecule has 3 rings (SSSR count). The molecule has 2 aromatic carbocycles. The number of aryl methyl sites for hydroxylation is 1. The molecule has 0 bridgehead atoms. The van der Waals surface area contributed by atoms with Crippen LogP contribution in [0.3, 0.4) is 0 Å². The summed E-state index contributed by atoms with van der Waals surface area (Å²) < 4.78 is 20.2. The number of nitrogens with zero attached hydrogens (tertiary/aromatic N) is 1. The molecule has 0 saturated carbocycles. The molecule has 12 heteroatoms. The molecule has 0 unspecified atom stereocenters. The van der Waals surface area contributed by atoms with Crippen LogP contribution in [-0.2, 0) is 19.6 Å². The highest BCUT2D eigenvalue weighted by Gasteiger charge is 2.16. The summed E-state index contributed by atoms with van der Waals surface area (Å²) in [5.74, 6) is 0.279. The molecule has 2 aromatic rings. The maximum Gasteiger partial charge on any atom is 0.324 e. The molecule has 42 heavy (non-hydrogen) atoms. The standard InChI is InChI=1S/C30H43FN8O3/c1-34-29(40)37-27(32)35-16-8-4-2-3-5-9-17-39-18-10-12-22-19-25(31)15-14-24(22)21-42-26-13-7-6-11-23(26)20-36-28(33)38-30(39)41/h6-7,11,13-15,19H,2-5,8-10,12,16-18,20-21H2,1H3,(H3,33,36,38,41)(H4,32,34,35,37,40). The molecule has 7 N–H and O–H groups in total. The molecular weight excluding hydrogens is 539 g/mol. The molecule has 228 valence electrons. The molecule has 1 heterocycles. The number of unbranched alkanes of at least 4 members (excludes halogenated alkanes) is 5. The van der Waals surface area contributed by atoms with Crippen LogP contribution in [0.25, 0.3) is 0 Å². The average Bonchev–Trinajstić information content (AvgIpc) is 2.97. The summed E-state index contributed by atoms with van der Waals surface area (Å²) in [7, 11) is 1.50. The fraction of sp³-hybridized carbons (Fsp3) is 0.467. The molecule has 4 amide bonds. The van der Waals surface area contributed by atoms with Crippen molar-refractivity contribution in [3.63, 3.8) is 0 Å². The van der Waals surface area contributed by atoms with E-state index in [0.717, 1.165) is 55.2 Å². The number of benzene rings is 2. The normalized spacial score (nSPS) is 14.1. The van der Waals surface area contributed by atoms with E-state index < -0.39 is 6.03 Å². The summed E-state index contributed by atoms with van der Waals surface area (Å²) in [6.07, 6.45) is 6.98. The number of urea groups is 2. The van der Waals surface area contributed by atoms with Crippen LogP contribution in [0.4, 0.5) is 14.0 Å². The highest BCUT2D eigenvalue weighted by atomic mass is 19.1. The van der Waals surface area contributed by atoms with Gasteiger partial charge >= 0.3 is 12.1 Å². The number of ether oxygens (including phenoxy) is 1. The van der Waals surface area contributed by atoms with Gasteiger partial charge in [-0.1, -0.05) is 49.9 Å². The van der Waals surface area contributed by atoms with Crippen molar-refractivity contribution >= 4 is 24.0 Å². The first-order valence-corrected chi connectivity index (χ1v) is 14.5. The zero-order chi connectivity index (χ0) is 30.2. The highest BCUT2D eigenvalue weighted by Crippen LogP contribution is 2.22. The smallest absolute Gasteiger partial charge is 0.324 e. The zero-order valence-electron chi connectivity index (χ0n) is 24.3. The minimum Gasteiger partial charge on any atom is -0.489 e. The second-order valence-corrected chi connectivity index (χ2v) is 10.2. The van der Waals surface area contributed by atoms with Crippen molar-refractivity contribution < 1.29 is 18.7 Å². The minimum atomic E-state index is -0.424. The van der Waals surface area contributed by atoms with Crippen molar-refractivity contribution in [1.82, 2.24) is 31.5 Å². The van der Waals surface area contributed by atoms with Gasteiger partial charge in [0.25, 0.3) is 0 Å². The maximum absolute atomic E-state index is 14.1. The molecule has 0 saturated heterocycles. The number of para-hydroxylation sites is 1. The molecule has 11 nitrogen and oxygen atoms in total. The lowest BCUT2D eigenvalue weighted by atomic mass is 10.0. The predicted molar refractivity (Wildman–Crippen MR) is 161 cm³/mol. The van der Waals surface area contributed by atoms with Crippen LogP contribution < -0.4 is 31.3 Å². The molecule has 1 aliphatic heterocycles. The summed E-state index contributed by atoms with van der Waals surface area (Å²) in [4.78, 5) is 26.0. The highest BCUT2D eigenvalue weighted by molar-refractivity contribution is 5.95. The third-order valence-electron chi connectivity index (χ3n) is 7.00. The number of carbonyl (C=O) groups is 2. The Morgan fingerprint density at radius 1 is 1.05 bits per heavy atom. The Balaban J connectivity index is 1.50. The van der Waals surface area contributed by atoms with Crippen LogP contribution in [0.2, 0.25) is 0 Å². The van der Waals surface area contributed by atoms with Crippen molar-refractivity contribution in [2.24, 2.45) is 0 Å². The van der Waals surface area contributed by atoms with Crippen LogP contribution in [0, 0.1) is 16.6 Å². The lowest BCUT2D eigenvalue weighted by molar-refractivity contribution is 0.200. The lowest BCUT2D eigenvalue weighted by Crippen LogP contribution is -2.47. The van der Waals surface area contributed by atoms with Gasteiger partial charge in [-0.25, -0.2) is 14.0 Å². The first-order valence-electron chi connectivity index (χ1n) is 14.5. The number of halogens is 1. The third-order valence-corrected chi connectivity index (χ3v) is 7.00. The molecule has 0 fully saturated rings. The van der Waals surface area contributed by atoms with E-state index in [1.54, 1.807) is 17.0 Å². The Morgan fingerprint density at radius 3 is 2.62 bits per heavy atom. The van der Waals surface area contributed by atoms with Crippen LogP contribution >= 0.6 is 0 Å². The van der Waals surface area contributed by atoms with Gasteiger partial charge in [0.2, 0.25) is 0 Å². The van der Waals surface area contributed by atoms with Gasteiger partial charge in [0.1, 0.15) is 18.2 Å². The fourth-order valence-electron chi connectivity index (χ4n) is 4.67. The summed E-state index contributed by atoms with van der Waals surface area (Å²) in [6.45, 7) is 2.27. The topological polar surface area (TPSA) is 154 Å². The van der Waals surface area contributed by atoms with Crippen molar-refractivity contribution in [3.8, 4) is 5.75 Å². The van der Waals surface area contributed by atoms with E-state index >= 15 is 0 Å². The monoisotopic (exact) mass is 582 g/mol. The quantitative estimate of drug-likeness (QED) is 0.134. The largest absolute Gasteiger partial charge is 0.489 e. The fourth-order valence-corrected chi connectivity index (χ4v) is 4.67. The van der Waals surface area contributed by atoms with E-state index in [1.807, 2.05) is 24.3 Å². The van der Waals surface area contributed by atoms with E-state index in [4.69, 9.17) is 15.6 Å². The van der Waals surface area contributed by atoms with E-state index in [1.165, 1.54) is 13.1 Å². The van der Waals surface area contributed by atoms with Gasteiger partial charge < -0.3 is 25.6 Å². The van der Waals surface area contributed by atoms with E-state index in [2.05, 4.69) is 26.6 Å². The number of nitrogens with one attached hydrogen (secondary N) is 7. The van der Waals surface area contributed by atoms with E-state index in [0.29, 0.717) is 51.4 Å². The summed E-state index contributed by atoms with van der Waals surface area (Å²) in [6, 6.07) is 11.5. The number of guanidine groups is 2. The number of fused-ring (bicyclic) bond motifs is 2. The second-order valence-electron chi connectivity index (χ2n) is 10.2. The van der Waals surface area contributed by atoms with Gasteiger partial charge in [0.15, 0.2) is 11.9 Å². The van der Waals surface area contributed by atoms with Gasteiger partial charge in [0.05, 0.1) is 0 Å². The summed E-state index contributed by atoms with van der Waals surface area (Å²) in [5.41, 5.74) is 2.62. The molecule has 1 aliphatic rings. The van der Waals surface area contributed by atoms with Crippen LogP contribution in [0.5, 0.6) is 5.75 Å². The number of rotatable bonds is 9. The van der Waals surface area contributed by atoms with Crippen LogP contribution in [0.15, 0.2) is 42.5 Å². The second kappa shape index (κ2) is 17.5. The van der Waals surface area contributed by atoms with Gasteiger partial charge in [-0.15, -0.1) is 0 Å². The molecule has 0 atom stereocenters. The van der Waals surface area contributed by atoms with E-state index in [9.17, 15) is 14.0 Å². The number of carbonyl (C=O) groups excluding carboxylic acids is 2. The Labute approximate surface area is 247 Å². The van der Waals surface area contributed by atoms with Gasteiger partial charge in [0, 0.05) is 38.8 Å². The third kappa shape index (κ3) is 11.3. The van der Waals surface area contributed by atoms with Crippen LogP contribution in [0.1, 0.15) is 61.6 Å². The Kier molecular flexibility index (Phi) is 13.4. The van der Waals surface area contributed by atoms with Gasteiger partial charge in [-0.3, -0.25) is 21.5 Å². The number of amides is 4. The van der Waals surface area contributed by atoms with Gasteiger partial charge in [-0.2, -0.15) is 0 Å². The van der Waals surface area contributed by atoms with Gasteiger partial charge in [-0.05, 0) is 55.0 Å². The summed E-state index contributed by atoms with van der Waals surface area (Å²) in [5, 5.41) is 29.2. The van der Waals surface area contributed by atoms with Crippen molar-refractivity contribution in [2.75, 3.05) is 26.7 Å².